The molecule has 0 radical (unpaired) electrons. The number of nitrogens with one attached hydrogen (secondary N) is 1. The quantitative estimate of drug-likeness (QED) is 0.429. The Morgan fingerprint density at radius 3 is 2.71 bits per heavy atom. The summed E-state index contributed by atoms with van der Waals surface area (Å²) in [6.45, 7) is 0. The molecule has 3 aromatic heterocycles. The van der Waals surface area contributed by atoms with Crippen molar-refractivity contribution < 1.29 is 9.18 Å². The summed E-state index contributed by atoms with van der Waals surface area (Å²) in [5.74, 6) is -0.555. The molecule has 31 heavy (non-hydrogen) atoms. The Labute approximate surface area is 184 Å². The molecule has 1 aliphatic carbocycles. The van der Waals surface area contributed by atoms with Gasteiger partial charge in [0.05, 0.1) is 22.3 Å². The minimum absolute atomic E-state index is 0.181. The van der Waals surface area contributed by atoms with Crippen LogP contribution >= 0.6 is 11.3 Å². The molecule has 6 heteroatoms. The second kappa shape index (κ2) is 8.63. The van der Waals surface area contributed by atoms with Gasteiger partial charge in [-0.3, -0.25) is 4.79 Å². The molecular weight excluding hydrogens is 409 g/mol. The average molecular weight is 434 g/mol. The van der Waals surface area contributed by atoms with Gasteiger partial charge in [0.15, 0.2) is 0 Å². The second-order valence-corrected chi connectivity index (χ2v) is 8.90. The number of amides is 1. The first kappa shape index (κ1) is 19.9. The summed E-state index contributed by atoms with van der Waals surface area (Å²) in [7, 11) is 0. The summed E-state index contributed by atoms with van der Waals surface area (Å²) in [6, 6.07) is 13.4. The van der Waals surface area contributed by atoms with Crippen LogP contribution in [0.25, 0.3) is 16.8 Å². The summed E-state index contributed by atoms with van der Waals surface area (Å²) in [5, 5.41) is 5.15. The van der Waals surface area contributed by atoms with Gasteiger partial charge >= 0.3 is 0 Å². The summed E-state index contributed by atoms with van der Waals surface area (Å²) < 4.78 is 16.5. The predicted octanol–water partition coefficient (Wildman–Crippen LogP) is 5.86. The van der Waals surface area contributed by atoms with Crippen molar-refractivity contribution in [2.45, 2.75) is 44.6 Å². The Balaban J connectivity index is 1.43. The Kier molecular flexibility index (Phi) is 5.55. The number of thiazole rings is 1. The molecule has 0 aliphatic heterocycles. The first-order valence-corrected chi connectivity index (χ1v) is 11.7. The zero-order valence-electron chi connectivity index (χ0n) is 17.2. The molecule has 1 aromatic carbocycles. The van der Waals surface area contributed by atoms with Crippen molar-refractivity contribution in [2.24, 2.45) is 0 Å². The molecule has 5 rings (SSSR count). The molecule has 1 N–H and O–H groups in total. The number of benzene rings is 1. The number of nitrogens with zero attached hydrogens (tertiary/aromatic N) is 2. The molecule has 4 aromatic rings. The van der Waals surface area contributed by atoms with Crippen LogP contribution < -0.4 is 5.32 Å². The van der Waals surface area contributed by atoms with Crippen LogP contribution in [0.4, 0.5) is 4.39 Å². The van der Waals surface area contributed by atoms with E-state index in [-0.39, 0.29) is 17.8 Å². The van der Waals surface area contributed by atoms with Gasteiger partial charge in [0.2, 0.25) is 0 Å². The van der Waals surface area contributed by atoms with Crippen LogP contribution in [-0.4, -0.2) is 21.3 Å². The van der Waals surface area contributed by atoms with Crippen LogP contribution in [0, 0.1) is 5.82 Å². The fourth-order valence-electron chi connectivity index (χ4n) is 4.46. The van der Waals surface area contributed by atoms with Crippen LogP contribution in [0.1, 0.15) is 53.7 Å². The van der Waals surface area contributed by atoms with Crippen molar-refractivity contribution in [1.29, 1.82) is 0 Å². The normalized spacial score (nSPS) is 14.7. The number of hydrogen-bond donors (Lipinski definition) is 1. The number of hydrogen-bond acceptors (Lipinski definition) is 3. The minimum Gasteiger partial charge on any atom is -0.349 e. The highest BCUT2D eigenvalue weighted by atomic mass is 32.1. The molecular formula is C25H24FN3OS. The van der Waals surface area contributed by atoms with E-state index in [1.807, 2.05) is 23.2 Å². The van der Waals surface area contributed by atoms with Crippen LogP contribution in [0.3, 0.4) is 0 Å². The minimum atomic E-state index is -0.374. The summed E-state index contributed by atoms with van der Waals surface area (Å²) in [6.07, 6.45) is 7.93. The van der Waals surface area contributed by atoms with Gasteiger partial charge in [-0.15, -0.1) is 11.3 Å². The third kappa shape index (κ3) is 4.12. The molecule has 3 heterocycles. The van der Waals surface area contributed by atoms with Gasteiger partial charge in [0.25, 0.3) is 5.91 Å². The largest absolute Gasteiger partial charge is 0.349 e. The molecule has 0 bridgehead atoms. The van der Waals surface area contributed by atoms with Crippen molar-refractivity contribution in [1.82, 2.24) is 14.7 Å². The van der Waals surface area contributed by atoms with Gasteiger partial charge < -0.3 is 9.72 Å². The van der Waals surface area contributed by atoms with Crippen molar-refractivity contribution in [2.75, 3.05) is 0 Å². The summed E-state index contributed by atoms with van der Waals surface area (Å²) in [5.41, 5.74) is 6.62. The average Bonchev–Trinajstić information content (AvgIpc) is 3.45. The van der Waals surface area contributed by atoms with Gasteiger partial charge in [-0.05, 0) is 36.6 Å². The lowest BCUT2D eigenvalue weighted by Crippen LogP contribution is -2.36. The third-order valence-corrected chi connectivity index (χ3v) is 6.66. The first-order chi connectivity index (χ1) is 15.2. The number of carbonyl (C=O) groups excluding carboxylic acids is 1. The molecule has 1 saturated carbocycles. The van der Waals surface area contributed by atoms with Crippen LogP contribution in [-0.2, 0) is 6.42 Å². The smallest absolute Gasteiger partial charge is 0.253 e. The Morgan fingerprint density at radius 2 is 1.97 bits per heavy atom. The summed E-state index contributed by atoms with van der Waals surface area (Å²) >= 11 is 1.57. The van der Waals surface area contributed by atoms with E-state index in [2.05, 4.69) is 34.6 Å². The lowest BCUT2D eigenvalue weighted by atomic mass is 9.95. The number of rotatable bonds is 5. The van der Waals surface area contributed by atoms with Crippen molar-refractivity contribution >= 4 is 22.8 Å². The van der Waals surface area contributed by atoms with Crippen LogP contribution in [0.5, 0.6) is 0 Å². The van der Waals surface area contributed by atoms with E-state index >= 15 is 0 Å². The van der Waals surface area contributed by atoms with E-state index < -0.39 is 0 Å². The molecule has 158 valence electrons. The summed E-state index contributed by atoms with van der Waals surface area (Å²) in [4.78, 5) is 17.4. The lowest BCUT2D eigenvalue weighted by Gasteiger charge is -2.22. The number of halogens is 1. The fourth-order valence-corrected chi connectivity index (χ4v) is 5.02. The van der Waals surface area contributed by atoms with Gasteiger partial charge in [-0.25, -0.2) is 9.37 Å². The highest BCUT2D eigenvalue weighted by Crippen LogP contribution is 2.25. The zero-order chi connectivity index (χ0) is 21.2. The van der Waals surface area contributed by atoms with E-state index in [4.69, 9.17) is 0 Å². The van der Waals surface area contributed by atoms with Crippen LogP contribution in [0.2, 0.25) is 0 Å². The maximum Gasteiger partial charge on any atom is 0.253 e. The van der Waals surface area contributed by atoms with E-state index in [1.54, 1.807) is 21.8 Å². The molecule has 4 nitrogen and oxygen atoms in total. The zero-order valence-corrected chi connectivity index (χ0v) is 18.0. The molecule has 0 spiro atoms. The second-order valence-electron chi connectivity index (χ2n) is 8.18. The maximum atomic E-state index is 14.7. The first-order valence-electron chi connectivity index (χ1n) is 10.8. The molecule has 1 aliphatic rings. The molecule has 1 fully saturated rings. The third-order valence-electron chi connectivity index (χ3n) is 6.07. The highest BCUT2D eigenvalue weighted by molar-refractivity contribution is 7.07. The monoisotopic (exact) mass is 433 g/mol. The molecule has 0 unspecified atom stereocenters. The van der Waals surface area contributed by atoms with E-state index in [0.29, 0.717) is 17.5 Å². The van der Waals surface area contributed by atoms with E-state index in [9.17, 15) is 9.18 Å². The molecule has 1 amide bonds. The number of carbonyl (C=O) groups is 1. The number of aromatic nitrogens is 2. The molecule has 0 saturated heterocycles. The topological polar surface area (TPSA) is 46.4 Å². The van der Waals surface area contributed by atoms with Gasteiger partial charge in [0.1, 0.15) is 5.82 Å². The fraction of sp³-hybridized carbons (Fsp3) is 0.280. The number of fused-ring (bicyclic) bond motifs is 1. The Hall–Kier alpha value is -2.99. The number of pyridine rings is 1. The Morgan fingerprint density at radius 1 is 1.16 bits per heavy atom. The standard InChI is InChI=1S/C25H24FN3OS/c26-22-7-4-12-29-20(13-17-8-10-18(11-9-17)23-15-31-16-27-23)14-21(24(22)29)25(30)28-19-5-2-1-3-6-19/h4,7-12,14-16,19H,1-3,5-6,13H2,(H,28,30). The Bertz CT molecular complexity index is 1190. The van der Waals surface area contributed by atoms with Crippen LogP contribution in [0.15, 0.2) is 59.6 Å². The van der Waals surface area contributed by atoms with E-state index in [0.717, 1.165) is 48.2 Å². The van der Waals surface area contributed by atoms with Gasteiger partial charge in [-0.2, -0.15) is 0 Å². The van der Waals surface area contributed by atoms with Crippen molar-refractivity contribution in [3.05, 3.63) is 82.2 Å². The van der Waals surface area contributed by atoms with Gasteiger partial charge in [0, 0.05) is 35.3 Å². The van der Waals surface area contributed by atoms with Crippen molar-refractivity contribution in [3.63, 3.8) is 0 Å². The predicted molar refractivity (Wildman–Crippen MR) is 122 cm³/mol. The SMILES string of the molecule is O=C(NC1CCCCC1)c1cc(Cc2ccc(-c3cscn3)cc2)n2cccc(F)c12. The van der Waals surface area contributed by atoms with Crippen molar-refractivity contribution in [3.8, 4) is 11.3 Å². The lowest BCUT2D eigenvalue weighted by molar-refractivity contribution is 0.0929. The molecule has 0 atom stereocenters. The highest BCUT2D eigenvalue weighted by Gasteiger charge is 2.22. The van der Waals surface area contributed by atoms with E-state index in [1.165, 1.54) is 12.5 Å². The van der Waals surface area contributed by atoms with Gasteiger partial charge in [-0.1, -0.05) is 43.5 Å². The maximum absolute atomic E-state index is 14.7.